The van der Waals surface area contributed by atoms with Gasteiger partial charge in [-0.05, 0) is 37.9 Å². The lowest BCUT2D eigenvalue weighted by molar-refractivity contribution is 0.405. The van der Waals surface area contributed by atoms with Gasteiger partial charge in [0.15, 0.2) is 0 Å². The van der Waals surface area contributed by atoms with E-state index in [4.69, 9.17) is 4.74 Å². The monoisotopic (exact) mass is 249 g/mol. The van der Waals surface area contributed by atoms with Crippen molar-refractivity contribution in [3.05, 3.63) is 29.8 Å². The summed E-state index contributed by atoms with van der Waals surface area (Å²) in [6, 6.07) is 8.77. The van der Waals surface area contributed by atoms with Crippen LogP contribution in [0.4, 0.5) is 0 Å². The van der Waals surface area contributed by atoms with Crippen LogP contribution in [0.5, 0.6) is 5.75 Å². The zero-order valence-corrected chi connectivity index (χ0v) is 12.0. The predicted molar refractivity (Wildman–Crippen MR) is 78.3 cm³/mol. The van der Waals surface area contributed by atoms with E-state index in [1.807, 2.05) is 12.1 Å². The molecule has 1 aromatic carbocycles. The highest BCUT2D eigenvalue weighted by molar-refractivity contribution is 5.33. The quantitative estimate of drug-likeness (QED) is 0.672. The normalized spacial score (nSPS) is 12.4. The number of unbranched alkanes of at least 4 members (excludes halogenated alkanes) is 3. The standard InChI is InChI=1S/C16H27NO/c1-4-5-6-9-12-17-14(2)13-15-10-7-8-11-16(15)18-3/h7-8,10-11,14,17H,4-6,9,12-13H2,1-3H3. The Bertz CT molecular complexity index is 325. The van der Waals surface area contributed by atoms with Crippen LogP contribution in [0.15, 0.2) is 24.3 Å². The van der Waals surface area contributed by atoms with Gasteiger partial charge in [-0.1, -0.05) is 44.4 Å². The summed E-state index contributed by atoms with van der Waals surface area (Å²) in [5, 5.41) is 3.59. The van der Waals surface area contributed by atoms with Crippen LogP contribution >= 0.6 is 0 Å². The molecule has 102 valence electrons. The fourth-order valence-corrected chi connectivity index (χ4v) is 2.17. The Morgan fingerprint density at radius 2 is 1.94 bits per heavy atom. The van der Waals surface area contributed by atoms with Crippen LogP contribution < -0.4 is 10.1 Å². The highest BCUT2D eigenvalue weighted by atomic mass is 16.5. The number of ether oxygens (including phenoxy) is 1. The van der Waals surface area contributed by atoms with E-state index in [-0.39, 0.29) is 0 Å². The van der Waals surface area contributed by atoms with Gasteiger partial charge in [-0.3, -0.25) is 0 Å². The Kier molecular flexibility index (Phi) is 7.51. The van der Waals surface area contributed by atoms with Crippen molar-refractivity contribution in [2.45, 2.75) is 52.0 Å². The van der Waals surface area contributed by atoms with Crippen molar-refractivity contribution in [3.63, 3.8) is 0 Å². The molecular formula is C16H27NO. The average Bonchev–Trinajstić information content (AvgIpc) is 2.39. The maximum atomic E-state index is 5.38. The van der Waals surface area contributed by atoms with Crippen LogP contribution in [0.3, 0.4) is 0 Å². The van der Waals surface area contributed by atoms with Gasteiger partial charge in [0.25, 0.3) is 0 Å². The lowest BCUT2D eigenvalue weighted by Gasteiger charge is -2.15. The van der Waals surface area contributed by atoms with Gasteiger partial charge in [0.1, 0.15) is 5.75 Å². The zero-order valence-electron chi connectivity index (χ0n) is 12.0. The van der Waals surface area contributed by atoms with Crippen LogP contribution in [-0.4, -0.2) is 19.7 Å². The summed E-state index contributed by atoms with van der Waals surface area (Å²) in [6.07, 6.45) is 6.30. The molecule has 0 amide bonds. The number of hydrogen-bond acceptors (Lipinski definition) is 2. The minimum absolute atomic E-state index is 0.503. The maximum Gasteiger partial charge on any atom is 0.122 e. The van der Waals surface area contributed by atoms with Crippen LogP contribution in [0.2, 0.25) is 0 Å². The summed E-state index contributed by atoms with van der Waals surface area (Å²) < 4.78 is 5.38. The molecule has 0 fully saturated rings. The van der Waals surface area contributed by atoms with E-state index in [0.29, 0.717) is 6.04 Å². The third kappa shape index (κ3) is 5.54. The molecule has 0 saturated carbocycles. The molecule has 0 aliphatic carbocycles. The van der Waals surface area contributed by atoms with Gasteiger partial charge < -0.3 is 10.1 Å². The van der Waals surface area contributed by atoms with Crippen molar-refractivity contribution in [1.29, 1.82) is 0 Å². The maximum absolute atomic E-state index is 5.38. The van der Waals surface area contributed by atoms with Crippen molar-refractivity contribution < 1.29 is 4.74 Å². The van der Waals surface area contributed by atoms with E-state index >= 15 is 0 Å². The highest BCUT2D eigenvalue weighted by Gasteiger charge is 2.06. The van der Waals surface area contributed by atoms with Crippen LogP contribution in [0.25, 0.3) is 0 Å². The van der Waals surface area contributed by atoms with Gasteiger partial charge in [0.2, 0.25) is 0 Å². The fourth-order valence-electron chi connectivity index (χ4n) is 2.17. The highest BCUT2D eigenvalue weighted by Crippen LogP contribution is 2.18. The fraction of sp³-hybridized carbons (Fsp3) is 0.625. The molecular weight excluding hydrogens is 222 g/mol. The van der Waals surface area contributed by atoms with E-state index in [9.17, 15) is 0 Å². The average molecular weight is 249 g/mol. The SMILES string of the molecule is CCCCCCNC(C)Cc1ccccc1OC. The second-order valence-electron chi connectivity index (χ2n) is 4.93. The second-order valence-corrected chi connectivity index (χ2v) is 4.93. The Hall–Kier alpha value is -1.02. The van der Waals surface area contributed by atoms with E-state index in [0.717, 1.165) is 18.7 Å². The summed E-state index contributed by atoms with van der Waals surface area (Å²) in [5.74, 6) is 0.997. The van der Waals surface area contributed by atoms with Crippen molar-refractivity contribution in [2.75, 3.05) is 13.7 Å². The molecule has 1 unspecified atom stereocenters. The van der Waals surface area contributed by atoms with E-state index in [1.165, 1.54) is 31.2 Å². The molecule has 18 heavy (non-hydrogen) atoms. The van der Waals surface area contributed by atoms with Gasteiger partial charge in [0.05, 0.1) is 7.11 Å². The molecule has 2 nitrogen and oxygen atoms in total. The number of methoxy groups -OCH3 is 1. The van der Waals surface area contributed by atoms with Crippen LogP contribution in [0, 0.1) is 0 Å². The van der Waals surface area contributed by atoms with E-state index < -0.39 is 0 Å². The Labute approximate surface area is 112 Å². The first-order valence-corrected chi connectivity index (χ1v) is 7.13. The molecule has 1 rings (SSSR count). The number of nitrogens with one attached hydrogen (secondary N) is 1. The topological polar surface area (TPSA) is 21.3 Å². The molecule has 0 aromatic heterocycles. The second kappa shape index (κ2) is 8.98. The first kappa shape index (κ1) is 15.0. The van der Waals surface area contributed by atoms with E-state index in [1.54, 1.807) is 7.11 Å². The minimum atomic E-state index is 0.503. The first-order chi connectivity index (χ1) is 8.77. The molecule has 0 aliphatic heterocycles. The largest absolute Gasteiger partial charge is 0.496 e. The van der Waals surface area contributed by atoms with Crippen molar-refractivity contribution in [3.8, 4) is 5.75 Å². The van der Waals surface area contributed by atoms with Crippen LogP contribution in [0.1, 0.15) is 45.1 Å². The number of rotatable bonds is 9. The van der Waals surface area contributed by atoms with Gasteiger partial charge in [0, 0.05) is 6.04 Å². The summed E-state index contributed by atoms with van der Waals surface area (Å²) in [4.78, 5) is 0. The van der Waals surface area contributed by atoms with Crippen molar-refractivity contribution >= 4 is 0 Å². The van der Waals surface area contributed by atoms with E-state index in [2.05, 4.69) is 31.3 Å². The summed E-state index contributed by atoms with van der Waals surface area (Å²) in [6.45, 7) is 5.61. The third-order valence-electron chi connectivity index (χ3n) is 3.24. The third-order valence-corrected chi connectivity index (χ3v) is 3.24. The molecule has 0 aliphatic rings. The predicted octanol–water partition coefficient (Wildman–Crippen LogP) is 3.80. The van der Waals surface area contributed by atoms with Crippen LogP contribution in [-0.2, 0) is 6.42 Å². The lowest BCUT2D eigenvalue weighted by Crippen LogP contribution is -2.29. The number of para-hydroxylation sites is 1. The number of hydrogen-bond donors (Lipinski definition) is 1. The Balaban J connectivity index is 2.28. The lowest BCUT2D eigenvalue weighted by atomic mass is 10.1. The van der Waals surface area contributed by atoms with Gasteiger partial charge in [-0.15, -0.1) is 0 Å². The number of benzene rings is 1. The minimum Gasteiger partial charge on any atom is -0.496 e. The summed E-state index contributed by atoms with van der Waals surface area (Å²) >= 11 is 0. The molecule has 0 radical (unpaired) electrons. The smallest absolute Gasteiger partial charge is 0.122 e. The van der Waals surface area contributed by atoms with Gasteiger partial charge in [-0.25, -0.2) is 0 Å². The molecule has 0 heterocycles. The molecule has 1 aromatic rings. The summed E-state index contributed by atoms with van der Waals surface area (Å²) in [5.41, 5.74) is 1.29. The molecule has 1 atom stereocenters. The van der Waals surface area contributed by atoms with Gasteiger partial charge >= 0.3 is 0 Å². The van der Waals surface area contributed by atoms with Crippen molar-refractivity contribution in [2.24, 2.45) is 0 Å². The summed E-state index contributed by atoms with van der Waals surface area (Å²) in [7, 11) is 1.74. The molecule has 1 N–H and O–H groups in total. The molecule has 2 heteroatoms. The Morgan fingerprint density at radius 3 is 2.67 bits per heavy atom. The van der Waals surface area contributed by atoms with Gasteiger partial charge in [-0.2, -0.15) is 0 Å². The molecule has 0 bridgehead atoms. The zero-order chi connectivity index (χ0) is 13.2. The molecule has 0 saturated heterocycles. The molecule has 0 spiro atoms. The first-order valence-electron chi connectivity index (χ1n) is 7.13. The van der Waals surface area contributed by atoms with Crippen molar-refractivity contribution in [1.82, 2.24) is 5.32 Å². The Morgan fingerprint density at radius 1 is 1.17 bits per heavy atom.